The Morgan fingerprint density at radius 2 is 0.852 bits per heavy atom. The zero-order chi connectivity index (χ0) is 42.6. The minimum atomic E-state index is 0.0129. The van der Waals surface area contributed by atoms with Gasteiger partial charge in [-0.2, -0.15) is 10.5 Å². The van der Waals surface area contributed by atoms with Gasteiger partial charge in [-0.1, -0.05) is 85.0 Å². The number of anilines is 6. The van der Waals surface area contributed by atoms with E-state index < -0.39 is 0 Å². The number of nitrogens with zero attached hydrogens (tertiary/aromatic N) is 6. The summed E-state index contributed by atoms with van der Waals surface area (Å²) < 4.78 is 11.0. The fourth-order valence-corrected chi connectivity index (χ4v) is 7.01. The molecule has 7 aromatic rings. The first-order chi connectivity index (χ1) is 30.0. The van der Waals surface area contributed by atoms with Gasteiger partial charge < -0.3 is 19.3 Å². The summed E-state index contributed by atoms with van der Waals surface area (Å²) in [6.07, 6.45) is 6.86. The second kappa shape index (κ2) is 19.1. The quantitative estimate of drug-likeness (QED) is 0.0855. The maximum Gasteiger partial charge on any atom is 0.202 e. The molecule has 0 N–H and O–H groups in total. The van der Waals surface area contributed by atoms with Crippen LogP contribution in [-0.2, 0) is 0 Å². The van der Waals surface area contributed by atoms with E-state index in [9.17, 15) is 10.5 Å². The van der Waals surface area contributed by atoms with Crippen molar-refractivity contribution in [3.8, 4) is 23.6 Å². The van der Waals surface area contributed by atoms with E-state index >= 15 is 0 Å². The van der Waals surface area contributed by atoms with Crippen LogP contribution >= 0.6 is 0 Å². The van der Waals surface area contributed by atoms with E-state index in [-0.39, 0.29) is 33.6 Å². The van der Waals surface area contributed by atoms with Gasteiger partial charge in [-0.3, -0.25) is 0 Å². The molecule has 0 saturated carbocycles. The van der Waals surface area contributed by atoms with Crippen LogP contribution in [0.5, 0.6) is 11.5 Å². The maximum atomic E-state index is 10.4. The van der Waals surface area contributed by atoms with Gasteiger partial charge in [0.1, 0.15) is 11.5 Å². The molecule has 7 rings (SSSR count). The average Bonchev–Trinajstić information content (AvgIpc) is 3.32. The SMILES string of the molecule is [C-]#[N+]c1c(C#N)c(/C=C\c2ccc(N(c3ccccc3)c3ccc(OCC)cc3)cc2)c(C#N)c([N+]#[C-])c1/C=C\c1ccc(N(c2ccccc2)c2ccc(OC)cc2)cc1. The number of ether oxygens (including phenoxy) is 2. The predicted molar refractivity (Wildman–Crippen MR) is 246 cm³/mol. The van der Waals surface area contributed by atoms with Crippen LogP contribution < -0.4 is 19.3 Å². The Bertz CT molecular complexity index is 2810. The molecule has 8 heteroatoms. The van der Waals surface area contributed by atoms with Crippen LogP contribution in [0, 0.1) is 35.8 Å². The van der Waals surface area contributed by atoms with Crippen molar-refractivity contribution in [2.45, 2.75) is 6.92 Å². The first kappa shape index (κ1) is 40.4. The highest BCUT2D eigenvalue weighted by molar-refractivity contribution is 5.96. The molecule has 7 aromatic carbocycles. The van der Waals surface area contributed by atoms with Crippen LogP contribution in [0.1, 0.15) is 40.3 Å². The van der Waals surface area contributed by atoms with E-state index in [0.717, 1.165) is 56.8 Å². The standard InChI is InChI=1S/C53H38N6O2/c1-5-61-47-32-28-45(29-33-47)59(41-14-10-7-11-15-41)43-22-16-38(17-23-43)20-34-48-50(36-54)52(56-2)49(53(57-3)51(48)37-55)35-21-39-18-24-42(25-19-39)58(40-12-8-6-9-13-40)44-26-30-46(60-4)31-27-44/h6-35H,5H2,1,4H3/b34-20-,35-21-. The lowest BCUT2D eigenvalue weighted by Gasteiger charge is -2.25. The number of hydrogen-bond acceptors (Lipinski definition) is 6. The molecule has 0 fully saturated rings. The maximum absolute atomic E-state index is 10.4. The second-order valence-electron chi connectivity index (χ2n) is 13.5. The van der Waals surface area contributed by atoms with Gasteiger partial charge >= 0.3 is 0 Å². The van der Waals surface area contributed by atoms with Gasteiger partial charge in [0.15, 0.2) is 0 Å². The molecular formula is C53H38N6O2. The molecule has 292 valence electrons. The van der Waals surface area contributed by atoms with Gasteiger partial charge in [0, 0.05) is 34.1 Å². The third kappa shape index (κ3) is 8.86. The molecule has 0 aromatic heterocycles. The Balaban J connectivity index is 1.19. The summed E-state index contributed by atoms with van der Waals surface area (Å²) in [7, 11) is 1.64. The lowest BCUT2D eigenvalue weighted by atomic mass is 9.92. The molecule has 0 radical (unpaired) electrons. The van der Waals surface area contributed by atoms with Crippen LogP contribution in [0.4, 0.5) is 45.5 Å². The molecule has 0 aliphatic heterocycles. The first-order valence-corrected chi connectivity index (χ1v) is 19.4. The number of benzene rings is 7. The third-order valence-corrected chi connectivity index (χ3v) is 9.92. The Hall–Kier alpha value is -8.82. The fourth-order valence-electron chi connectivity index (χ4n) is 7.01. The number of rotatable bonds is 13. The van der Waals surface area contributed by atoms with Gasteiger partial charge in [-0.25, -0.2) is 9.69 Å². The molecule has 0 unspecified atom stereocenters. The Morgan fingerprint density at radius 3 is 1.21 bits per heavy atom. The third-order valence-electron chi connectivity index (χ3n) is 9.92. The molecule has 0 atom stereocenters. The van der Waals surface area contributed by atoms with Crippen molar-refractivity contribution in [2.75, 3.05) is 23.5 Å². The molecular weight excluding hydrogens is 753 g/mol. The molecule has 0 aliphatic rings. The molecule has 0 heterocycles. The number of para-hydroxylation sites is 2. The van der Waals surface area contributed by atoms with Crippen molar-refractivity contribution >= 4 is 69.8 Å². The summed E-state index contributed by atoms with van der Waals surface area (Å²) in [6.45, 7) is 18.8. The Labute approximate surface area is 356 Å². The summed E-state index contributed by atoms with van der Waals surface area (Å²) >= 11 is 0. The van der Waals surface area contributed by atoms with Gasteiger partial charge in [0.25, 0.3) is 0 Å². The lowest BCUT2D eigenvalue weighted by molar-refractivity contribution is 0.340. The summed E-state index contributed by atoms with van der Waals surface area (Å²) in [4.78, 5) is 11.7. The number of methoxy groups -OCH3 is 1. The molecule has 8 nitrogen and oxygen atoms in total. The highest BCUT2D eigenvalue weighted by Gasteiger charge is 2.22. The normalized spacial score (nSPS) is 10.7. The smallest absolute Gasteiger partial charge is 0.202 e. The van der Waals surface area contributed by atoms with Crippen molar-refractivity contribution in [3.63, 3.8) is 0 Å². The van der Waals surface area contributed by atoms with Gasteiger partial charge in [0.05, 0.1) is 50.1 Å². The predicted octanol–water partition coefficient (Wildman–Crippen LogP) is 14.2. The van der Waals surface area contributed by atoms with Crippen molar-refractivity contribution in [1.29, 1.82) is 10.5 Å². The molecule has 0 saturated heterocycles. The van der Waals surface area contributed by atoms with Crippen LogP contribution in [0.15, 0.2) is 158 Å². The van der Waals surface area contributed by atoms with E-state index in [2.05, 4.69) is 31.6 Å². The van der Waals surface area contributed by atoms with E-state index in [4.69, 9.17) is 22.6 Å². The zero-order valence-corrected chi connectivity index (χ0v) is 33.5. The fraction of sp³-hybridized carbons (Fsp3) is 0.0566. The average molecular weight is 791 g/mol. The summed E-state index contributed by atoms with van der Waals surface area (Å²) in [6, 6.07) is 55.9. The first-order valence-electron chi connectivity index (χ1n) is 19.4. The highest BCUT2D eigenvalue weighted by Crippen LogP contribution is 2.42. The van der Waals surface area contributed by atoms with Crippen LogP contribution in [0.3, 0.4) is 0 Å². The van der Waals surface area contributed by atoms with Crippen molar-refractivity contribution in [3.05, 3.63) is 214 Å². The summed E-state index contributed by atoms with van der Waals surface area (Å²) in [5.74, 6) is 1.55. The van der Waals surface area contributed by atoms with Crippen LogP contribution in [0.2, 0.25) is 0 Å². The van der Waals surface area contributed by atoms with E-state index in [0.29, 0.717) is 6.61 Å². The lowest BCUT2D eigenvalue weighted by Crippen LogP contribution is -2.09. The minimum absolute atomic E-state index is 0.0129. The molecule has 61 heavy (non-hydrogen) atoms. The van der Waals surface area contributed by atoms with Crippen molar-refractivity contribution in [1.82, 2.24) is 0 Å². The van der Waals surface area contributed by atoms with Crippen molar-refractivity contribution in [2.24, 2.45) is 0 Å². The van der Waals surface area contributed by atoms with Gasteiger partial charge in [-0.05, 0) is 126 Å². The highest BCUT2D eigenvalue weighted by atomic mass is 16.5. The molecule has 0 spiro atoms. The number of nitriles is 2. The minimum Gasteiger partial charge on any atom is -0.497 e. The molecule has 0 bridgehead atoms. The van der Waals surface area contributed by atoms with Gasteiger partial charge in [0.2, 0.25) is 11.4 Å². The second-order valence-corrected chi connectivity index (χ2v) is 13.5. The topological polar surface area (TPSA) is 81.2 Å². The van der Waals surface area contributed by atoms with E-state index in [1.807, 2.05) is 165 Å². The summed E-state index contributed by atoms with van der Waals surface area (Å²) in [5, 5.41) is 20.8. The largest absolute Gasteiger partial charge is 0.497 e. The zero-order valence-electron chi connectivity index (χ0n) is 33.5. The van der Waals surface area contributed by atoms with Crippen LogP contribution in [0.25, 0.3) is 34.0 Å². The Morgan fingerprint density at radius 1 is 0.492 bits per heavy atom. The van der Waals surface area contributed by atoms with Gasteiger partial charge in [-0.15, -0.1) is 0 Å². The molecule has 0 aliphatic carbocycles. The molecule has 0 amide bonds. The van der Waals surface area contributed by atoms with Crippen LogP contribution in [-0.4, -0.2) is 13.7 Å². The van der Waals surface area contributed by atoms with E-state index in [1.165, 1.54) is 0 Å². The monoisotopic (exact) mass is 790 g/mol. The Kier molecular flexibility index (Phi) is 12.6. The number of hydrogen-bond donors (Lipinski definition) is 0. The summed E-state index contributed by atoms with van der Waals surface area (Å²) in [5.41, 5.74) is 7.86. The van der Waals surface area contributed by atoms with Crippen molar-refractivity contribution < 1.29 is 9.47 Å². The van der Waals surface area contributed by atoms with E-state index in [1.54, 1.807) is 31.4 Å².